The van der Waals surface area contributed by atoms with Gasteiger partial charge in [-0.1, -0.05) is 24.3 Å². The molecule has 0 bridgehead atoms. The number of aliphatic hydroxyl groups is 1. The first-order valence-corrected chi connectivity index (χ1v) is 10.3. The molecule has 0 aliphatic carbocycles. The van der Waals surface area contributed by atoms with Gasteiger partial charge in [0, 0.05) is 26.5 Å². The van der Waals surface area contributed by atoms with Crippen molar-refractivity contribution in [2.24, 2.45) is 0 Å². The van der Waals surface area contributed by atoms with Crippen molar-refractivity contribution in [3.63, 3.8) is 0 Å². The van der Waals surface area contributed by atoms with Crippen LogP contribution in [0.15, 0.2) is 29.8 Å². The number of β-amino-alcohol motifs (C(OH)–C–C–N with tert-alkyl or cyclic N) is 1. The third-order valence-electron chi connectivity index (χ3n) is 5.26. The van der Waals surface area contributed by atoms with Gasteiger partial charge in [-0.3, -0.25) is 9.59 Å². The van der Waals surface area contributed by atoms with Gasteiger partial charge in [0.1, 0.15) is 6.10 Å². The van der Waals surface area contributed by atoms with Crippen LogP contribution >= 0.6 is 11.3 Å². The molecule has 2 aromatic rings. The van der Waals surface area contributed by atoms with Crippen LogP contribution in [-0.4, -0.2) is 58.6 Å². The fraction of sp³-hybridized carbons (Fsp3) is 0.476. The molecule has 1 aliphatic rings. The normalized spacial score (nSPS) is 20.4. The van der Waals surface area contributed by atoms with E-state index in [0.29, 0.717) is 19.3 Å². The smallest absolute Gasteiger partial charge is 0.252 e. The summed E-state index contributed by atoms with van der Waals surface area (Å²) in [5, 5.41) is 9.96. The molecule has 1 N–H and O–H groups in total. The van der Waals surface area contributed by atoms with Crippen LogP contribution in [0, 0.1) is 6.92 Å². The first-order valence-electron chi connectivity index (χ1n) is 9.44. The van der Waals surface area contributed by atoms with Crippen molar-refractivity contribution < 1.29 is 19.4 Å². The van der Waals surface area contributed by atoms with Gasteiger partial charge in [0.15, 0.2) is 5.78 Å². The Bertz CT molecular complexity index is 833. The highest BCUT2D eigenvalue weighted by molar-refractivity contribution is 7.13. The average molecular weight is 403 g/mol. The molecule has 1 aromatic heterocycles. The first kappa shape index (κ1) is 20.6. The van der Waals surface area contributed by atoms with Gasteiger partial charge in [0.25, 0.3) is 5.91 Å². The van der Waals surface area contributed by atoms with E-state index in [1.807, 2.05) is 24.6 Å². The molecule has 0 spiro atoms. The minimum atomic E-state index is -0.663. The standard InChI is InChI=1S/C21H26N2O4S/c1-13-20(28-12-22-13)16-7-4-15(5-8-16)6-9-19(25)18-10-17(24)11-23(18)21(26)14(2)27-3/h4-5,7-8,12,14,17-18,24H,6,9-11H2,1-3H3/t14-,17+,18-/m0/s1. The number of Topliss-reactive ketones (excluding diaryl/α,β-unsaturated/α-hetero) is 1. The Balaban J connectivity index is 1.61. The number of carbonyl (C=O) groups excluding carboxylic acids is 2. The van der Waals surface area contributed by atoms with E-state index in [9.17, 15) is 14.7 Å². The maximum Gasteiger partial charge on any atom is 0.252 e. The second-order valence-corrected chi connectivity index (χ2v) is 8.06. The third-order valence-corrected chi connectivity index (χ3v) is 6.23. The Morgan fingerprint density at radius 3 is 2.68 bits per heavy atom. The number of nitrogens with zero attached hydrogens (tertiary/aromatic N) is 2. The van der Waals surface area contributed by atoms with E-state index < -0.39 is 18.2 Å². The number of thiazole rings is 1. The molecule has 0 radical (unpaired) electrons. The Hall–Kier alpha value is -2.09. The summed E-state index contributed by atoms with van der Waals surface area (Å²) in [6.45, 7) is 3.83. The summed E-state index contributed by atoms with van der Waals surface area (Å²) < 4.78 is 5.08. The van der Waals surface area contributed by atoms with Gasteiger partial charge in [0.2, 0.25) is 0 Å². The third kappa shape index (κ3) is 4.48. The molecule has 28 heavy (non-hydrogen) atoms. The van der Waals surface area contributed by atoms with Crippen molar-refractivity contribution >= 4 is 23.0 Å². The molecule has 1 aliphatic heterocycles. The molecule has 7 heteroatoms. The van der Waals surface area contributed by atoms with E-state index in [2.05, 4.69) is 17.1 Å². The Kier molecular flexibility index (Phi) is 6.59. The predicted molar refractivity (Wildman–Crippen MR) is 108 cm³/mol. The maximum atomic E-state index is 12.7. The van der Waals surface area contributed by atoms with Crippen LogP contribution < -0.4 is 0 Å². The van der Waals surface area contributed by atoms with Crippen LogP contribution in [0.2, 0.25) is 0 Å². The molecule has 0 saturated carbocycles. The molecule has 0 unspecified atom stereocenters. The lowest BCUT2D eigenvalue weighted by molar-refractivity contribution is -0.145. The van der Waals surface area contributed by atoms with Crippen LogP contribution in [0.25, 0.3) is 10.4 Å². The highest BCUT2D eigenvalue weighted by Crippen LogP contribution is 2.27. The number of aryl methyl sites for hydroxylation is 2. The van der Waals surface area contributed by atoms with E-state index in [1.54, 1.807) is 18.3 Å². The lowest BCUT2D eigenvalue weighted by Crippen LogP contribution is -2.45. The zero-order valence-corrected chi connectivity index (χ0v) is 17.2. The number of carbonyl (C=O) groups is 2. The molecule has 2 heterocycles. The largest absolute Gasteiger partial charge is 0.391 e. The van der Waals surface area contributed by atoms with E-state index in [-0.39, 0.29) is 18.2 Å². The summed E-state index contributed by atoms with van der Waals surface area (Å²) in [5.41, 5.74) is 5.05. The Morgan fingerprint density at radius 1 is 1.36 bits per heavy atom. The highest BCUT2D eigenvalue weighted by Gasteiger charge is 2.39. The summed E-state index contributed by atoms with van der Waals surface area (Å²) in [4.78, 5) is 32.1. The molecule has 1 amide bonds. The number of hydrogen-bond donors (Lipinski definition) is 1. The Morgan fingerprint density at radius 2 is 2.07 bits per heavy atom. The van der Waals surface area contributed by atoms with Crippen molar-refractivity contribution in [1.82, 2.24) is 9.88 Å². The number of rotatable bonds is 7. The van der Waals surface area contributed by atoms with E-state index in [4.69, 9.17) is 4.74 Å². The lowest BCUT2D eigenvalue weighted by Gasteiger charge is -2.25. The summed E-state index contributed by atoms with van der Waals surface area (Å²) in [7, 11) is 1.46. The number of hydrogen-bond acceptors (Lipinski definition) is 6. The van der Waals surface area contributed by atoms with Crippen molar-refractivity contribution in [1.29, 1.82) is 0 Å². The maximum absolute atomic E-state index is 12.7. The van der Waals surface area contributed by atoms with Gasteiger partial charge < -0.3 is 14.7 Å². The number of amides is 1. The minimum Gasteiger partial charge on any atom is -0.391 e. The number of benzene rings is 1. The summed E-state index contributed by atoms with van der Waals surface area (Å²) in [6.07, 6.45) is -0.0476. The molecule has 1 aromatic carbocycles. The van der Waals surface area contributed by atoms with Crippen LogP contribution in [-0.2, 0) is 20.7 Å². The minimum absolute atomic E-state index is 0.0180. The molecule has 3 rings (SSSR count). The number of aromatic nitrogens is 1. The van der Waals surface area contributed by atoms with Crippen LogP contribution in [0.3, 0.4) is 0 Å². The van der Waals surface area contributed by atoms with Crippen LogP contribution in [0.1, 0.15) is 31.0 Å². The van der Waals surface area contributed by atoms with Gasteiger partial charge in [-0.2, -0.15) is 0 Å². The summed E-state index contributed by atoms with van der Waals surface area (Å²) in [6, 6.07) is 7.59. The number of ketones is 1. The topological polar surface area (TPSA) is 79.7 Å². The number of ether oxygens (including phenoxy) is 1. The van der Waals surface area contributed by atoms with Gasteiger partial charge in [-0.25, -0.2) is 4.98 Å². The van der Waals surface area contributed by atoms with Gasteiger partial charge in [-0.05, 0) is 31.4 Å². The van der Waals surface area contributed by atoms with Gasteiger partial charge in [0.05, 0.1) is 28.2 Å². The molecule has 1 fully saturated rings. The monoisotopic (exact) mass is 402 g/mol. The van der Waals surface area contributed by atoms with Crippen molar-refractivity contribution in [2.45, 2.75) is 51.4 Å². The molecular formula is C21H26N2O4S. The summed E-state index contributed by atoms with van der Waals surface area (Å²) >= 11 is 1.61. The average Bonchev–Trinajstić information content (AvgIpc) is 3.30. The second kappa shape index (κ2) is 8.94. The van der Waals surface area contributed by atoms with Crippen LogP contribution in [0.4, 0.5) is 0 Å². The van der Waals surface area contributed by atoms with Crippen LogP contribution in [0.5, 0.6) is 0 Å². The van der Waals surface area contributed by atoms with Crippen molar-refractivity contribution in [3.8, 4) is 10.4 Å². The van der Waals surface area contributed by atoms with Crippen molar-refractivity contribution in [3.05, 3.63) is 41.0 Å². The van der Waals surface area contributed by atoms with E-state index in [1.165, 1.54) is 12.0 Å². The highest BCUT2D eigenvalue weighted by atomic mass is 32.1. The van der Waals surface area contributed by atoms with Crippen molar-refractivity contribution in [2.75, 3.05) is 13.7 Å². The van der Waals surface area contributed by atoms with Gasteiger partial charge in [-0.15, -0.1) is 11.3 Å². The first-order chi connectivity index (χ1) is 13.4. The number of likely N-dealkylation sites (tertiary alicyclic amines) is 1. The van der Waals surface area contributed by atoms with E-state index in [0.717, 1.165) is 21.7 Å². The van der Waals surface area contributed by atoms with Gasteiger partial charge >= 0.3 is 0 Å². The quantitative estimate of drug-likeness (QED) is 0.770. The Labute approximate surface area is 169 Å². The molecular weight excluding hydrogens is 376 g/mol. The lowest BCUT2D eigenvalue weighted by atomic mass is 10.00. The van der Waals surface area contributed by atoms with E-state index >= 15 is 0 Å². The zero-order chi connectivity index (χ0) is 20.3. The molecule has 1 saturated heterocycles. The summed E-state index contributed by atoms with van der Waals surface area (Å²) in [5.74, 6) is -0.266. The fourth-order valence-electron chi connectivity index (χ4n) is 3.53. The number of methoxy groups -OCH3 is 1. The SMILES string of the molecule is CO[C@@H](C)C(=O)N1C[C@H](O)C[C@H]1C(=O)CCc1ccc(-c2scnc2C)cc1. The predicted octanol–water partition coefficient (Wildman–Crippen LogP) is 2.62. The molecule has 3 atom stereocenters. The molecule has 6 nitrogen and oxygen atoms in total. The zero-order valence-electron chi connectivity index (χ0n) is 16.4. The molecule has 150 valence electrons. The number of aliphatic hydroxyl groups excluding tert-OH is 1. The fourth-order valence-corrected chi connectivity index (χ4v) is 4.34. The second-order valence-electron chi connectivity index (χ2n) is 7.20.